The van der Waals surface area contributed by atoms with E-state index in [1.54, 1.807) is 41.9 Å². The number of methoxy groups -OCH3 is 1. The van der Waals surface area contributed by atoms with Crippen LogP contribution in [-0.4, -0.2) is 48.5 Å². The van der Waals surface area contributed by atoms with Gasteiger partial charge in [-0.1, -0.05) is 23.7 Å². The van der Waals surface area contributed by atoms with Crippen LogP contribution in [0.4, 0.5) is 10.8 Å². The number of halogens is 1. The Bertz CT molecular complexity index is 993. The molecule has 0 fully saturated rings. The van der Waals surface area contributed by atoms with Crippen molar-refractivity contribution in [3.8, 4) is 0 Å². The van der Waals surface area contributed by atoms with Crippen molar-refractivity contribution in [1.29, 1.82) is 0 Å². The number of nitrogens with one attached hydrogen (secondary N) is 2. The fourth-order valence-electron chi connectivity index (χ4n) is 2.73. The van der Waals surface area contributed by atoms with Gasteiger partial charge in [0.15, 0.2) is 5.13 Å². The van der Waals surface area contributed by atoms with Gasteiger partial charge >= 0.3 is 0 Å². The molecular formula is C21H23ClN4O4S. The Kier molecular flexibility index (Phi) is 8.45. The Labute approximate surface area is 189 Å². The van der Waals surface area contributed by atoms with E-state index in [2.05, 4.69) is 15.6 Å². The lowest BCUT2D eigenvalue weighted by Gasteiger charge is -2.20. The molecule has 2 aromatic heterocycles. The molecule has 2 heterocycles. The molecule has 2 N–H and O–H groups in total. The third kappa shape index (κ3) is 6.81. The van der Waals surface area contributed by atoms with Crippen LogP contribution in [0.3, 0.4) is 0 Å². The molecule has 0 bridgehead atoms. The van der Waals surface area contributed by atoms with Crippen LogP contribution in [0.25, 0.3) is 0 Å². The number of carbonyl (C=O) groups excluding carboxylic acids is 2. The molecule has 0 spiro atoms. The van der Waals surface area contributed by atoms with E-state index in [0.29, 0.717) is 34.8 Å². The fraction of sp³-hybridized carbons (Fsp3) is 0.286. The minimum Gasteiger partial charge on any atom is -0.467 e. The van der Waals surface area contributed by atoms with Crippen LogP contribution < -0.4 is 10.6 Å². The summed E-state index contributed by atoms with van der Waals surface area (Å²) in [5.41, 5.74) is 0.989. The average molecular weight is 463 g/mol. The molecule has 0 aliphatic heterocycles. The number of hydrogen-bond donors (Lipinski definition) is 2. The second-order valence-corrected chi connectivity index (χ2v) is 7.81. The Hall–Kier alpha value is -2.88. The molecule has 0 aliphatic carbocycles. The molecule has 2 amide bonds. The van der Waals surface area contributed by atoms with E-state index in [9.17, 15) is 9.59 Å². The molecule has 0 saturated heterocycles. The molecular weight excluding hydrogens is 440 g/mol. The van der Waals surface area contributed by atoms with Crippen LogP contribution in [0.15, 0.2) is 52.5 Å². The summed E-state index contributed by atoms with van der Waals surface area (Å²) in [6.45, 7) is 1.32. The summed E-state index contributed by atoms with van der Waals surface area (Å²) in [5.74, 6) is 0.177. The minimum absolute atomic E-state index is 0.158. The van der Waals surface area contributed by atoms with Gasteiger partial charge in [0.2, 0.25) is 5.91 Å². The summed E-state index contributed by atoms with van der Waals surface area (Å²) < 4.78 is 10.3. The second kappa shape index (κ2) is 11.5. The van der Waals surface area contributed by atoms with Crippen LogP contribution in [0.5, 0.6) is 0 Å². The van der Waals surface area contributed by atoms with Gasteiger partial charge in [-0.25, -0.2) is 4.98 Å². The number of para-hydroxylation sites is 1. The number of thiazole rings is 1. The molecule has 8 nitrogen and oxygen atoms in total. The van der Waals surface area contributed by atoms with Gasteiger partial charge in [-0.15, -0.1) is 11.3 Å². The summed E-state index contributed by atoms with van der Waals surface area (Å²) in [6.07, 6.45) is 1.70. The number of nitrogens with zero attached hydrogens (tertiary/aromatic N) is 2. The zero-order chi connectivity index (χ0) is 22.1. The van der Waals surface area contributed by atoms with Gasteiger partial charge in [0, 0.05) is 32.0 Å². The van der Waals surface area contributed by atoms with Crippen LogP contribution >= 0.6 is 22.9 Å². The second-order valence-electron chi connectivity index (χ2n) is 6.54. The Morgan fingerprint density at radius 3 is 2.84 bits per heavy atom. The van der Waals surface area contributed by atoms with Gasteiger partial charge in [0.1, 0.15) is 11.5 Å². The number of ether oxygens (including phenoxy) is 1. The van der Waals surface area contributed by atoms with Crippen LogP contribution in [0, 0.1) is 0 Å². The van der Waals surface area contributed by atoms with Crippen molar-refractivity contribution in [2.24, 2.45) is 0 Å². The van der Waals surface area contributed by atoms with Gasteiger partial charge in [0.05, 0.1) is 30.1 Å². The van der Waals surface area contributed by atoms with Gasteiger partial charge in [-0.05, 0) is 24.3 Å². The van der Waals surface area contributed by atoms with Crippen molar-refractivity contribution in [3.05, 3.63) is 64.5 Å². The zero-order valence-corrected chi connectivity index (χ0v) is 18.5. The number of aromatic nitrogens is 1. The highest BCUT2D eigenvalue weighted by Crippen LogP contribution is 2.27. The molecule has 0 saturated carbocycles. The van der Waals surface area contributed by atoms with E-state index in [1.807, 2.05) is 18.2 Å². The average Bonchev–Trinajstić information content (AvgIpc) is 3.45. The molecule has 1 aromatic carbocycles. The standard InChI is InChI=1S/C21H23ClN4O4S/c1-29-12-9-23-19(27)8-10-26(13-15-5-4-11-30-15)20(28)18-14-31-21(25-18)24-17-7-3-2-6-16(17)22/h2-7,11,14H,8-10,12-13H2,1H3,(H,23,27)(H,24,25). The SMILES string of the molecule is COCCNC(=O)CCN(Cc1ccco1)C(=O)c1csc(Nc2ccccc2Cl)n1. The predicted molar refractivity (Wildman–Crippen MR) is 120 cm³/mol. The van der Waals surface area contributed by atoms with Crippen LogP contribution in [0.1, 0.15) is 22.7 Å². The lowest BCUT2D eigenvalue weighted by molar-refractivity contribution is -0.121. The molecule has 0 radical (unpaired) electrons. The van der Waals surface area contributed by atoms with Gasteiger partial charge < -0.3 is 24.7 Å². The van der Waals surface area contributed by atoms with Crippen molar-refractivity contribution >= 4 is 45.6 Å². The molecule has 3 rings (SSSR count). The van der Waals surface area contributed by atoms with Crippen LogP contribution in [0.2, 0.25) is 5.02 Å². The first-order valence-electron chi connectivity index (χ1n) is 9.61. The Balaban J connectivity index is 1.67. The quantitative estimate of drug-likeness (QED) is 0.419. The molecule has 0 atom stereocenters. The van der Waals surface area contributed by atoms with Gasteiger partial charge in [-0.3, -0.25) is 9.59 Å². The number of benzene rings is 1. The molecule has 0 aliphatic rings. The molecule has 31 heavy (non-hydrogen) atoms. The number of amides is 2. The Morgan fingerprint density at radius 2 is 2.10 bits per heavy atom. The monoisotopic (exact) mass is 462 g/mol. The third-order valence-corrected chi connectivity index (χ3v) is 5.38. The number of hydrogen-bond acceptors (Lipinski definition) is 7. The minimum atomic E-state index is -0.287. The van der Waals surface area contributed by atoms with Gasteiger partial charge in [-0.2, -0.15) is 0 Å². The predicted octanol–water partition coefficient (Wildman–Crippen LogP) is 3.93. The van der Waals surface area contributed by atoms with E-state index in [0.717, 1.165) is 0 Å². The summed E-state index contributed by atoms with van der Waals surface area (Å²) in [4.78, 5) is 31.1. The third-order valence-electron chi connectivity index (χ3n) is 4.29. The highest BCUT2D eigenvalue weighted by atomic mass is 35.5. The van der Waals surface area contributed by atoms with Crippen LogP contribution in [-0.2, 0) is 16.1 Å². The maximum Gasteiger partial charge on any atom is 0.273 e. The van der Waals surface area contributed by atoms with Crippen molar-refractivity contribution in [2.75, 3.05) is 32.1 Å². The number of rotatable bonds is 11. The first kappa shape index (κ1) is 22.8. The summed E-state index contributed by atoms with van der Waals surface area (Å²) in [7, 11) is 1.57. The Morgan fingerprint density at radius 1 is 1.26 bits per heavy atom. The highest BCUT2D eigenvalue weighted by Gasteiger charge is 2.21. The fourth-order valence-corrected chi connectivity index (χ4v) is 3.61. The van der Waals surface area contributed by atoms with E-state index in [4.69, 9.17) is 20.8 Å². The number of anilines is 2. The van der Waals surface area contributed by atoms with E-state index in [1.165, 1.54) is 11.3 Å². The highest BCUT2D eigenvalue weighted by molar-refractivity contribution is 7.14. The normalized spacial score (nSPS) is 10.6. The largest absolute Gasteiger partial charge is 0.467 e. The zero-order valence-electron chi connectivity index (χ0n) is 17.0. The lowest BCUT2D eigenvalue weighted by atomic mass is 10.3. The maximum absolute atomic E-state index is 13.1. The van der Waals surface area contributed by atoms with Crippen molar-refractivity contribution in [1.82, 2.24) is 15.2 Å². The topological polar surface area (TPSA) is 96.7 Å². The lowest BCUT2D eigenvalue weighted by Crippen LogP contribution is -2.35. The maximum atomic E-state index is 13.1. The van der Waals surface area contributed by atoms with Crippen molar-refractivity contribution in [2.45, 2.75) is 13.0 Å². The number of furan rings is 1. The molecule has 3 aromatic rings. The van der Waals surface area contributed by atoms with Crippen molar-refractivity contribution in [3.63, 3.8) is 0 Å². The van der Waals surface area contributed by atoms with Crippen molar-refractivity contribution < 1.29 is 18.7 Å². The smallest absolute Gasteiger partial charge is 0.273 e. The van der Waals surface area contributed by atoms with Gasteiger partial charge in [0.25, 0.3) is 5.91 Å². The summed E-state index contributed by atoms with van der Waals surface area (Å²) in [6, 6.07) is 10.8. The molecule has 0 unspecified atom stereocenters. The van der Waals surface area contributed by atoms with E-state index >= 15 is 0 Å². The first-order valence-corrected chi connectivity index (χ1v) is 10.9. The molecule has 164 valence electrons. The van der Waals surface area contributed by atoms with E-state index < -0.39 is 0 Å². The molecule has 10 heteroatoms. The summed E-state index contributed by atoms with van der Waals surface area (Å²) in [5, 5.41) is 8.66. The summed E-state index contributed by atoms with van der Waals surface area (Å²) >= 11 is 7.47. The first-order chi connectivity index (χ1) is 15.1. The number of carbonyl (C=O) groups is 2. The van der Waals surface area contributed by atoms with E-state index in [-0.39, 0.29) is 37.0 Å².